The minimum Gasteiger partial charge on any atom is -0.492 e. The molecular weight excluding hydrogens is 298 g/mol. The number of hydrogen-bond donors (Lipinski definition) is 1. The zero-order valence-corrected chi connectivity index (χ0v) is 14.7. The Morgan fingerprint density at radius 2 is 2.08 bits per heavy atom. The van der Waals surface area contributed by atoms with Crippen LogP contribution < -0.4 is 10.1 Å². The smallest absolute Gasteiger partial charge is 0.119 e. The summed E-state index contributed by atoms with van der Waals surface area (Å²) in [7, 11) is 0. The Morgan fingerprint density at radius 1 is 1.21 bits per heavy atom. The van der Waals surface area contributed by atoms with E-state index in [-0.39, 0.29) is 6.04 Å². The largest absolute Gasteiger partial charge is 0.492 e. The lowest BCUT2D eigenvalue weighted by atomic mass is 9.92. The Hall–Kier alpha value is -1.91. The van der Waals surface area contributed by atoms with Crippen molar-refractivity contribution in [1.29, 1.82) is 0 Å². The molecule has 0 saturated carbocycles. The van der Waals surface area contributed by atoms with E-state index < -0.39 is 0 Å². The second-order valence-electron chi connectivity index (χ2n) is 6.13. The zero-order chi connectivity index (χ0) is 16.8. The van der Waals surface area contributed by atoms with Gasteiger partial charge in [0.2, 0.25) is 0 Å². The van der Waals surface area contributed by atoms with E-state index in [2.05, 4.69) is 53.3 Å². The van der Waals surface area contributed by atoms with E-state index in [4.69, 9.17) is 4.74 Å². The van der Waals surface area contributed by atoms with Gasteiger partial charge < -0.3 is 15.0 Å². The molecule has 3 rings (SSSR count). The summed E-state index contributed by atoms with van der Waals surface area (Å²) in [6.45, 7) is 9.20. The average Bonchev–Trinajstić information content (AvgIpc) is 2.65. The summed E-state index contributed by atoms with van der Waals surface area (Å²) in [5.74, 6) is 0.975. The second-order valence-corrected chi connectivity index (χ2v) is 6.13. The van der Waals surface area contributed by atoms with E-state index in [0.717, 1.165) is 50.7 Å². The van der Waals surface area contributed by atoms with Gasteiger partial charge in [0.05, 0.1) is 11.7 Å². The van der Waals surface area contributed by atoms with Gasteiger partial charge in [-0.1, -0.05) is 26.0 Å². The van der Waals surface area contributed by atoms with Crippen LogP contribution in [0.2, 0.25) is 0 Å². The Morgan fingerprint density at radius 3 is 2.83 bits per heavy atom. The third-order valence-corrected chi connectivity index (χ3v) is 4.72. The third kappa shape index (κ3) is 3.94. The summed E-state index contributed by atoms with van der Waals surface area (Å²) in [5.41, 5.74) is 3.76. The number of hydrogen-bond acceptors (Lipinski definition) is 4. The predicted octanol–water partition coefficient (Wildman–Crippen LogP) is 3.04. The van der Waals surface area contributed by atoms with Gasteiger partial charge in [-0.2, -0.15) is 0 Å². The van der Waals surface area contributed by atoms with Crippen molar-refractivity contribution in [2.45, 2.75) is 26.3 Å². The molecule has 24 heavy (non-hydrogen) atoms. The minimum atomic E-state index is 0.180. The fourth-order valence-electron chi connectivity index (χ4n) is 3.27. The average molecular weight is 325 g/mol. The monoisotopic (exact) mass is 325 g/mol. The van der Waals surface area contributed by atoms with E-state index in [1.807, 2.05) is 18.3 Å². The summed E-state index contributed by atoms with van der Waals surface area (Å²) in [4.78, 5) is 6.89. The van der Waals surface area contributed by atoms with Gasteiger partial charge >= 0.3 is 0 Å². The first-order valence-corrected chi connectivity index (χ1v) is 8.94. The Kier molecular flexibility index (Phi) is 5.83. The van der Waals surface area contributed by atoms with Crippen molar-refractivity contribution in [2.75, 3.05) is 32.8 Å². The Labute approximate surface area is 144 Å². The summed E-state index contributed by atoms with van der Waals surface area (Å²) >= 11 is 0. The molecule has 1 aromatic heterocycles. The fourth-order valence-corrected chi connectivity index (χ4v) is 3.27. The molecule has 4 heteroatoms. The Bertz CT molecular complexity index is 641. The number of pyridine rings is 1. The second kappa shape index (κ2) is 8.27. The van der Waals surface area contributed by atoms with Crippen LogP contribution in [0.3, 0.4) is 0 Å². The lowest BCUT2D eigenvalue weighted by molar-refractivity contribution is 0.222. The highest BCUT2D eigenvalue weighted by Crippen LogP contribution is 2.30. The highest BCUT2D eigenvalue weighted by molar-refractivity contribution is 5.42. The van der Waals surface area contributed by atoms with Crippen molar-refractivity contribution in [3.8, 4) is 5.75 Å². The molecule has 0 saturated heterocycles. The molecule has 1 atom stereocenters. The SMILES string of the molecule is CCN(CC)CCOc1ccc2c(c1)CCNC2c1ccccn1. The first-order chi connectivity index (χ1) is 11.8. The molecule has 0 spiro atoms. The van der Waals surface area contributed by atoms with Gasteiger partial charge in [-0.05, 0) is 54.9 Å². The number of likely N-dealkylation sites (N-methyl/N-ethyl adjacent to an activating group) is 1. The van der Waals surface area contributed by atoms with Crippen LogP contribution in [-0.4, -0.2) is 42.7 Å². The van der Waals surface area contributed by atoms with Gasteiger partial charge in [-0.15, -0.1) is 0 Å². The number of rotatable bonds is 7. The summed E-state index contributed by atoms with van der Waals surface area (Å²) < 4.78 is 5.97. The fraction of sp³-hybridized carbons (Fsp3) is 0.450. The van der Waals surface area contributed by atoms with Gasteiger partial charge in [0, 0.05) is 19.3 Å². The molecule has 1 unspecified atom stereocenters. The number of benzene rings is 1. The molecule has 0 aliphatic carbocycles. The standard InChI is InChI=1S/C20H27N3O/c1-3-23(4-2)13-14-24-17-8-9-18-16(15-17)10-12-22-20(18)19-7-5-6-11-21-19/h5-9,11,15,20,22H,3-4,10,12-14H2,1-2H3. The first kappa shape index (κ1) is 16.9. The summed E-state index contributed by atoms with van der Waals surface area (Å²) in [6, 6.07) is 12.7. The van der Waals surface area contributed by atoms with Crippen LogP contribution in [0.4, 0.5) is 0 Å². The number of aromatic nitrogens is 1. The molecule has 0 radical (unpaired) electrons. The number of fused-ring (bicyclic) bond motifs is 1. The van der Waals surface area contributed by atoms with Gasteiger partial charge in [-0.25, -0.2) is 0 Å². The van der Waals surface area contributed by atoms with Crippen LogP contribution in [0, 0.1) is 0 Å². The molecule has 0 bridgehead atoms. The molecule has 1 aromatic carbocycles. The van der Waals surface area contributed by atoms with Crippen LogP contribution in [0.1, 0.15) is 36.7 Å². The summed E-state index contributed by atoms with van der Waals surface area (Å²) in [5, 5.41) is 3.57. The molecular formula is C20H27N3O. The maximum Gasteiger partial charge on any atom is 0.119 e. The van der Waals surface area contributed by atoms with Crippen molar-refractivity contribution in [3.63, 3.8) is 0 Å². The molecule has 128 valence electrons. The maximum absolute atomic E-state index is 5.97. The van der Waals surface area contributed by atoms with E-state index in [9.17, 15) is 0 Å². The molecule has 1 N–H and O–H groups in total. The topological polar surface area (TPSA) is 37.4 Å². The van der Waals surface area contributed by atoms with Gasteiger partial charge in [0.25, 0.3) is 0 Å². The van der Waals surface area contributed by atoms with Gasteiger partial charge in [0.15, 0.2) is 0 Å². The molecule has 0 fully saturated rings. The maximum atomic E-state index is 5.97. The number of nitrogens with one attached hydrogen (secondary N) is 1. The van der Waals surface area contributed by atoms with Crippen LogP contribution in [-0.2, 0) is 6.42 Å². The van der Waals surface area contributed by atoms with Gasteiger partial charge in [0.1, 0.15) is 12.4 Å². The zero-order valence-electron chi connectivity index (χ0n) is 14.7. The van der Waals surface area contributed by atoms with E-state index in [1.165, 1.54) is 11.1 Å². The molecule has 4 nitrogen and oxygen atoms in total. The third-order valence-electron chi connectivity index (χ3n) is 4.72. The summed E-state index contributed by atoms with van der Waals surface area (Å²) in [6.07, 6.45) is 2.89. The van der Waals surface area contributed by atoms with Crippen LogP contribution in [0.15, 0.2) is 42.6 Å². The lowest BCUT2D eigenvalue weighted by Crippen LogP contribution is -2.31. The van der Waals surface area contributed by atoms with E-state index in [0.29, 0.717) is 0 Å². The molecule has 0 amide bonds. The first-order valence-electron chi connectivity index (χ1n) is 8.94. The quantitative estimate of drug-likeness (QED) is 0.849. The van der Waals surface area contributed by atoms with Crippen molar-refractivity contribution in [2.24, 2.45) is 0 Å². The molecule has 1 aliphatic rings. The van der Waals surface area contributed by atoms with E-state index in [1.54, 1.807) is 0 Å². The van der Waals surface area contributed by atoms with Crippen molar-refractivity contribution >= 4 is 0 Å². The molecule has 2 aromatic rings. The van der Waals surface area contributed by atoms with Crippen LogP contribution in [0.25, 0.3) is 0 Å². The number of nitrogens with zero attached hydrogens (tertiary/aromatic N) is 2. The molecule has 2 heterocycles. The van der Waals surface area contributed by atoms with Gasteiger partial charge in [-0.3, -0.25) is 4.98 Å². The van der Waals surface area contributed by atoms with Crippen LogP contribution in [0.5, 0.6) is 5.75 Å². The molecule has 1 aliphatic heterocycles. The Balaban J connectivity index is 1.69. The van der Waals surface area contributed by atoms with Crippen LogP contribution >= 0.6 is 0 Å². The normalized spacial score (nSPS) is 16.9. The highest BCUT2D eigenvalue weighted by Gasteiger charge is 2.22. The van der Waals surface area contributed by atoms with E-state index >= 15 is 0 Å². The van der Waals surface area contributed by atoms with Crippen molar-refractivity contribution < 1.29 is 4.74 Å². The predicted molar refractivity (Wildman–Crippen MR) is 97.5 cm³/mol. The highest BCUT2D eigenvalue weighted by atomic mass is 16.5. The number of ether oxygens (including phenoxy) is 1. The minimum absolute atomic E-state index is 0.180. The van der Waals surface area contributed by atoms with Crippen molar-refractivity contribution in [3.05, 3.63) is 59.4 Å². The lowest BCUT2D eigenvalue weighted by Gasteiger charge is -2.27. The van der Waals surface area contributed by atoms with Crippen molar-refractivity contribution in [1.82, 2.24) is 15.2 Å².